The SMILES string of the molecule is CCCCCCCCCCCOC(=O)C1CCN(C(=O)OC)CC1. The van der Waals surface area contributed by atoms with E-state index < -0.39 is 0 Å². The van der Waals surface area contributed by atoms with Gasteiger partial charge in [0.25, 0.3) is 0 Å². The summed E-state index contributed by atoms with van der Waals surface area (Å²) in [5.41, 5.74) is 0. The van der Waals surface area contributed by atoms with Crippen LogP contribution in [0.3, 0.4) is 0 Å². The minimum atomic E-state index is -0.309. The number of nitrogens with zero attached hydrogens (tertiary/aromatic N) is 1. The smallest absolute Gasteiger partial charge is 0.409 e. The van der Waals surface area contributed by atoms with E-state index in [1.54, 1.807) is 4.90 Å². The van der Waals surface area contributed by atoms with E-state index in [1.807, 2.05) is 0 Å². The average Bonchev–Trinajstić information content (AvgIpc) is 2.62. The van der Waals surface area contributed by atoms with Crippen molar-refractivity contribution in [1.29, 1.82) is 0 Å². The van der Waals surface area contributed by atoms with Crippen molar-refractivity contribution >= 4 is 12.1 Å². The number of piperidine rings is 1. The molecule has 0 aromatic heterocycles. The van der Waals surface area contributed by atoms with Gasteiger partial charge in [-0.05, 0) is 19.3 Å². The lowest BCUT2D eigenvalue weighted by atomic mass is 9.97. The summed E-state index contributed by atoms with van der Waals surface area (Å²) in [5, 5.41) is 0. The maximum Gasteiger partial charge on any atom is 0.409 e. The van der Waals surface area contributed by atoms with Gasteiger partial charge >= 0.3 is 12.1 Å². The Kier molecular flexibility index (Phi) is 11.3. The Morgan fingerprint density at radius 3 is 2.00 bits per heavy atom. The highest BCUT2D eigenvalue weighted by molar-refractivity contribution is 5.73. The molecule has 0 radical (unpaired) electrons. The van der Waals surface area contributed by atoms with Crippen molar-refractivity contribution in [3.63, 3.8) is 0 Å². The van der Waals surface area contributed by atoms with E-state index >= 15 is 0 Å². The van der Waals surface area contributed by atoms with Gasteiger partial charge in [-0.25, -0.2) is 4.79 Å². The highest BCUT2D eigenvalue weighted by atomic mass is 16.5. The van der Waals surface area contributed by atoms with Crippen LogP contribution in [0.1, 0.15) is 77.6 Å². The quantitative estimate of drug-likeness (QED) is 0.409. The molecule has 0 unspecified atom stereocenters. The van der Waals surface area contributed by atoms with Crippen molar-refractivity contribution in [2.45, 2.75) is 77.6 Å². The number of hydrogen-bond donors (Lipinski definition) is 0. The Morgan fingerprint density at radius 2 is 1.46 bits per heavy atom. The maximum absolute atomic E-state index is 12.0. The van der Waals surface area contributed by atoms with Crippen LogP contribution in [-0.4, -0.2) is 43.8 Å². The van der Waals surface area contributed by atoms with Crippen LogP contribution in [0.15, 0.2) is 0 Å². The Morgan fingerprint density at radius 1 is 0.917 bits per heavy atom. The molecule has 1 amide bonds. The molecule has 0 aromatic rings. The molecule has 0 atom stereocenters. The van der Waals surface area contributed by atoms with Crippen LogP contribution >= 0.6 is 0 Å². The summed E-state index contributed by atoms with van der Waals surface area (Å²) >= 11 is 0. The van der Waals surface area contributed by atoms with E-state index in [9.17, 15) is 9.59 Å². The van der Waals surface area contributed by atoms with Gasteiger partial charge in [0, 0.05) is 13.1 Å². The number of likely N-dealkylation sites (tertiary alicyclic amines) is 1. The second kappa shape index (κ2) is 13.1. The van der Waals surface area contributed by atoms with Crippen LogP contribution in [0.5, 0.6) is 0 Å². The first-order valence-corrected chi connectivity index (χ1v) is 9.68. The second-order valence-corrected chi connectivity index (χ2v) is 6.73. The van der Waals surface area contributed by atoms with E-state index in [0.29, 0.717) is 32.5 Å². The molecule has 24 heavy (non-hydrogen) atoms. The second-order valence-electron chi connectivity index (χ2n) is 6.73. The third-order valence-corrected chi connectivity index (χ3v) is 4.75. The van der Waals surface area contributed by atoms with E-state index in [1.165, 1.54) is 52.1 Å². The van der Waals surface area contributed by atoms with Crippen LogP contribution in [0.2, 0.25) is 0 Å². The van der Waals surface area contributed by atoms with Gasteiger partial charge < -0.3 is 14.4 Å². The van der Waals surface area contributed by atoms with Gasteiger partial charge in [0.2, 0.25) is 0 Å². The van der Waals surface area contributed by atoms with Crippen LogP contribution in [0.25, 0.3) is 0 Å². The van der Waals surface area contributed by atoms with Crippen LogP contribution in [0, 0.1) is 5.92 Å². The highest BCUT2D eigenvalue weighted by Crippen LogP contribution is 2.19. The first-order chi connectivity index (χ1) is 11.7. The zero-order valence-electron chi connectivity index (χ0n) is 15.6. The zero-order valence-corrected chi connectivity index (χ0v) is 15.6. The van der Waals surface area contributed by atoms with Crippen molar-refractivity contribution < 1.29 is 19.1 Å². The van der Waals surface area contributed by atoms with Crippen molar-refractivity contribution in [3.05, 3.63) is 0 Å². The van der Waals surface area contributed by atoms with Crippen LogP contribution < -0.4 is 0 Å². The first-order valence-electron chi connectivity index (χ1n) is 9.68. The lowest BCUT2D eigenvalue weighted by molar-refractivity contribution is -0.150. The molecule has 0 bridgehead atoms. The van der Waals surface area contributed by atoms with E-state index in [-0.39, 0.29) is 18.0 Å². The summed E-state index contributed by atoms with van der Waals surface area (Å²) in [6, 6.07) is 0. The van der Waals surface area contributed by atoms with E-state index in [2.05, 4.69) is 6.92 Å². The number of carbonyl (C=O) groups is 2. The van der Waals surface area contributed by atoms with Crippen molar-refractivity contribution in [2.75, 3.05) is 26.8 Å². The summed E-state index contributed by atoms with van der Waals surface area (Å²) in [6.07, 6.45) is 12.4. The third kappa shape index (κ3) is 8.55. The number of esters is 1. The molecule has 1 aliphatic heterocycles. The standard InChI is InChI=1S/C19H35NO4/c1-3-4-5-6-7-8-9-10-11-16-24-18(21)17-12-14-20(15-13-17)19(22)23-2/h17H,3-16H2,1-2H3. The van der Waals surface area contributed by atoms with Gasteiger partial charge in [-0.3, -0.25) is 4.79 Å². The molecule has 1 saturated heterocycles. The maximum atomic E-state index is 12.0. The molecule has 1 aliphatic rings. The van der Waals surface area contributed by atoms with E-state index in [4.69, 9.17) is 9.47 Å². The fraction of sp³-hybridized carbons (Fsp3) is 0.895. The Labute approximate surface area is 147 Å². The predicted molar refractivity (Wildman–Crippen MR) is 94.9 cm³/mol. The van der Waals surface area contributed by atoms with Crippen LogP contribution in [0.4, 0.5) is 4.79 Å². The molecule has 1 fully saturated rings. The number of amides is 1. The number of unbranched alkanes of at least 4 members (excludes halogenated alkanes) is 8. The number of methoxy groups -OCH3 is 1. The van der Waals surface area contributed by atoms with Gasteiger partial charge in [-0.1, -0.05) is 58.3 Å². The molecule has 0 N–H and O–H groups in total. The number of ether oxygens (including phenoxy) is 2. The molecule has 1 rings (SSSR count). The minimum Gasteiger partial charge on any atom is -0.465 e. The fourth-order valence-electron chi connectivity index (χ4n) is 3.13. The zero-order chi connectivity index (χ0) is 17.6. The molecular weight excluding hydrogens is 306 g/mol. The summed E-state index contributed by atoms with van der Waals surface area (Å²) < 4.78 is 10.1. The third-order valence-electron chi connectivity index (χ3n) is 4.75. The lowest BCUT2D eigenvalue weighted by Gasteiger charge is -2.29. The van der Waals surface area contributed by atoms with Crippen LogP contribution in [-0.2, 0) is 14.3 Å². The number of hydrogen-bond acceptors (Lipinski definition) is 4. The highest BCUT2D eigenvalue weighted by Gasteiger charge is 2.28. The molecule has 140 valence electrons. The van der Waals surface area contributed by atoms with Gasteiger partial charge in [-0.15, -0.1) is 0 Å². The Hall–Kier alpha value is -1.26. The lowest BCUT2D eigenvalue weighted by Crippen LogP contribution is -2.40. The summed E-state index contributed by atoms with van der Waals surface area (Å²) in [7, 11) is 1.38. The average molecular weight is 341 g/mol. The largest absolute Gasteiger partial charge is 0.465 e. The predicted octanol–water partition coefficient (Wildman–Crippen LogP) is 4.54. The van der Waals surface area contributed by atoms with Crippen molar-refractivity contribution in [3.8, 4) is 0 Å². The first kappa shape index (κ1) is 20.8. The van der Waals surface area contributed by atoms with Gasteiger partial charge in [-0.2, -0.15) is 0 Å². The fourth-order valence-corrected chi connectivity index (χ4v) is 3.13. The summed E-state index contributed by atoms with van der Waals surface area (Å²) in [6.45, 7) is 3.92. The molecule has 0 spiro atoms. The Bertz CT molecular complexity index is 351. The molecular formula is C19H35NO4. The van der Waals surface area contributed by atoms with Gasteiger partial charge in [0.05, 0.1) is 19.6 Å². The monoisotopic (exact) mass is 341 g/mol. The molecule has 0 aromatic carbocycles. The number of rotatable bonds is 11. The van der Waals surface area contributed by atoms with Gasteiger partial charge in [0.1, 0.15) is 0 Å². The topological polar surface area (TPSA) is 55.8 Å². The Balaban J connectivity index is 1.96. The van der Waals surface area contributed by atoms with Gasteiger partial charge in [0.15, 0.2) is 0 Å². The number of carbonyl (C=O) groups excluding carboxylic acids is 2. The summed E-state index contributed by atoms with van der Waals surface area (Å²) in [5.74, 6) is -0.163. The molecule has 1 heterocycles. The normalized spacial score (nSPS) is 15.3. The summed E-state index contributed by atoms with van der Waals surface area (Å²) in [4.78, 5) is 25.1. The molecule has 5 heteroatoms. The van der Waals surface area contributed by atoms with Crippen molar-refractivity contribution in [1.82, 2.24) is 4.90 Å². The minimum absolute atomic E-state index is 0.0653. The molecule has 0 saturated carbocycles. The molecule has 0 aliphatic carbocycles. The van der Waals surface area contributed by atoms with Crippen molar-refractivity contribution in [2.24, 2.45) is 5.92 Å². The molecule has 5 nitrogen and oxygen atoms in total. The van der Waals surface area contributed by atoms with E-state index in [0.717, 1.165) is 12.8 Å².